The van der Waals surface area contributed by atoms with Gasteiger partial charge in [0.2, 0.25) is 5.91 Å². The van der Waals surface area contributed by atoms with Gasteiger partial charge in [-0.2, -0.15) is 12.6 Å². The molecule has 0 bridgehead atoms. The summed E-state index contributed by atoms with van der Waals surface area (Å²) < 4.78 is 0. The lowest BCUT2D eigenvalue weighted by Crippen LogP contribution is -2.26. The molecular weight excluding hydrogens is 196 g/mol. The lowest BCUT2D eigenvalue weighted by Gasteiger charge is -2.19. The Morgan fingerprint density at radius 1 is 1.36 bits per heavy atom. The Bertz CT molecular complexity index is 160. The summed E-state index contributed by atoms with van der Waals surface area (Å²) >= 11 is 4.42. The molecule has 3 nitrogen and oxygen atoms in total. The van der Waals surface area contributed by atoms with Crippen molar-refractivity contribution in [3.05, 3.63) is 0 Å². The van der Waals surface area contributed by atoms with Crippen LogP contribution in [-0.2, 0) is 4.79 Å². The first kappa shape index (κ1) is 13.8. The molecule has 0 aromatic carbocycles. The van der Waals surface area contributed by atoms with Gasteiger partial charge in [0.1, 0.15) is 0 Å². The van der Waals surface area contributed by atoms with Gasteiger partial charge in [-0.15, -0.1) is 0 Å². The minimum absolute atomic E-state index is 0.230. The van der Waals surface area contributed by atoms with E-state index in [1.807, 2.05) is 0 Å². The smallest absolute Gasteiger partial charge is 0.217 e. The molecule has 0 aromatic rings. The largest absolute Gasteiger partial charge is 0.370 e. The third-order valence-electron chi connectivity index (χ3n) is 2.40. The second-order valence-electron chi connectivity index (χ2n) is 3.47. The van der Waals surface area contributed by atoms with Gasteiger partial charge in [-0.3, -0.25) is 4.79 Å². The van der Waals surface area contributed by atoms with Gasteiger partial charge in [-0.1, -0.05) is 13.8 Å². The van der Waals surface area contributed by atoms with Crippen LogP contribution in [0.4, 0.5) is 0 Å². The highest BCUT2D eigenvalue weighted by atomic mass is 32.1. The standard InChI is InChI=1S/C10H22N2OS/c1-3-12(4-2)8-7-9(14)5-6-10(11)13/h9,14H,3-8H2,1-2H3,(H2,11,13). The average molecular weight is 218 g/mol. The maximum absolute atomic E-state index is 10.5. The third kappa shape index (κ3) is 7.21. The number of carbonyl (C=O) groups is 1. The maximum Gasteiger partial charge on any atom is 0.217 e. The van der Waals surface area contributed by atoms with Crippen molar-refractivity contribution in [1.29, 1.82) is 0 Å². The summed E-state index contributed by atoms with van der Waals surface area (Å²) in [6, 6.07) is 0. The summed E-state index contributed by atoms with van der Waals surface area (Å²) in [4.78, 5) is 12.9. The first-order valence-corrected chi connectivity index (χ1v) is 5.80. The zero-order valence-electron chi connectivity index (χ0n) is 9.20. The van der Waals surface area contributed by atoms with E-state index in [0.717, 1.165) is 32.5 Å². The van der Waals surface area contributed by atoms with Crippen molar-refractivity contribution in [3.8, 4) is 0 Å². The van der Waals surface area contributed by atoms with Gasteiger partial charge in [0.05, 0.1) is 0 Å². The van der Waals surface area contributed by atoms with Crippen LogP contribution in [0.2, 0.25) is 0 Å². The van der Waals surface area contributed by atoms with Gasteiger partial charge in [-0.25, -0.2) is 0 Å². The van der Waals surface area contributed by atoms with E-state index in [-0.39, 0.29) is 5.91 Å². The van der Waals surface area contributed by atoms with E-state index < -0.39 is 0 Å². The van der Waals surface area contributed by atoms with Crippen LogP contribution in [-0.4, -0.2) is 35.7 Å². The molecule has 0 aromatic heterocycles. The first-order valence-electron chi connectivity index (χ1n) is 5.28. The Labute approximate surface area is 92.4 Å². The van der Waals surface area contributed by atoms with Crippen molar-refractivity contribution in [2.75, 3.05) is 19.6 Å². The minimum atomic E-state index is -0.230. The fourth-order valence-corrected chi connectivity index (χ4v) is 1.57. The molecule has 1 unspecified atom stereocenters. The van der Waals surface area contributed by atoms with E-state index in [1.54, 1.807) is 0 Å². The second kappa shape index (κ2) is 8.12. The Morgan fingerprint density at radius 3 is 2.36 bits per heavy atom. The molecule has 0 saturated carbocycles. The molecule has 0 spiro atoms. The molecule has 0 fully saturated rings. The predicted molar refractivity (Wildman–Crippen MR) is 63.6 cm³/mol. The normalized spacial score (nSPS) is 13.1. The lowest BCUT2D eigenvalue weighted by molar-refractivity contribution is -0.118. The van der Waals surface area contributed by atoms with Crippen molar-refractivity contribution in [2.24, 2.45) is 5.73 Å². The number of hydrogen-bond donors (Lipinski definition) is 2. The van der Waals surface area contributed by atoms with Crippen molar-refractivity contribution in [3.63, 3.8) is 0 Å². The number of nitrogens with zero attached hydrogens (tertiary/aromatic N) is 1. The van der Waals surface area contributed by atoms with Gasteiger partial charge in [-0.05, 0) is 32.5 Å². The van der Waals surface area contributed by atoms with Crippen LogP contribution >= 0.6 is 12.6 Å². The molecule has 14 heavy (non-hydrogen) atoms. The van der Waals surface area contributed by atoms with Gasteiger partial charge in [0, 0.05) is 11.7 Å². The molecule has 0 aliphatic carbocycles. The van der Waals surface area contributed by atoms with E-state index in [2.05, 4.69) is 31.4 Å². The van der Waals surface area contributed by atoms with E-state index >= 15 is 0 Å². The predicted octanol–water partition coefficient (Wildman–Crippen LogP) is 1.28. The molecule has 0 aliphatic rings. The van der Waals surface area contributed by atoms with Gasteiger partial charge in [0.15, 0.2) is 0 Å². The highest BCUT2D eigenvalue weighted by Gasteiger charge is 2.07. The van der Waals surface area contributed by atoms with Crippen LogP contribution in [0.5, 0.6) is 0 Å². The van der Waals surface area contributed by atoms with Gasteiger partial charge >= 0.3 is 0 Å². The summed E-state index contributed by atoms with van der Waals surface area (Å²) in [6.07, 6.45) is 2.27. The van der Waals surface area contributed by atoms with E-state index in [0.29, 0.717) is 11.7 Å². The lowest BCUT2D eigenvalue weighted by atomic mass is 10.1. The van der Waals surface area contributed by atoms with Crippen LogP contribution in [0.25, 0.3) is 0 Å². The Hall–Kier alpha value is -0.220. The fourth-order valence-electron chi connectivity index (χ4n) is 1.32. The number of rotatable bonds is 8. The zero-order valence-corrected chi connectivity index (χ0v) is 10.1. The highest BCUT2D eigenvalue weighted by Crippen LogP contribution is 2.09. The molecule has 0 radical (unpaired) electrons. The van der Waals surface area contributed by atoms with E-state index in [1.165, 1.54) is 0 Å². The Balaban J connectivity index is 3.51. The number of thiol groups is 1. The molecule has 0 aliphatic heterocycles. The SMILES string of the molecule is CCN(CC)CCC(S)CCC(N)=O. The zero-order chi connectivity index (χ0) is 11.0. The minimum Gasteiger partial charge on any atom is -0.370 e. The fraction of sp³-hybridized carbons (Fsp3) is 0.900. The van der Waals surface area contributed by atoms with Crippen molar-refractivity contribution in [1.82, 2.24) is 4.90 Å². The number of hydrogen-bond acceptors (Lipinski definition) is 3. The molecule has 1 atom stereocenters. The quantitative estimate of drug-likeness (QED) is 0.603. The molecule has 0 heterocycles. The van der Waals surface area contributed by atoms with Crippen LogP contribution in [0, 0.1) is 0 Å². The molecule has 0 rings (SSSR count). The van der Waals surface area contributed by atoms with E-state index in [4.69, 9.17) is 5.73 Å². The van der Waals surface area contributed by atoms with Crippen LogP contribution < -0.4 is 5.73 Å². The van der Waals surface area contributed by atoms with Gasteiger partial charge in [0.25, 0.3) is 0 Å². The monoisotopic (exact) mass is 218 g/mol. The summed E-state index contributed by atoms with van der Waals surface area (Å²) in [6.45, 7) is 7.51. The molecular formula is C10H22N2OS. The van der Waals surface area contributed by atoms with Gasteiger partial charge < -0.3 is 10.6 Å². The molecule has 2 N–H and O–H groups in total. The molecule has 84 valence electrons. The van der Waals surface area contributed by atoms with Crippen LogP contribution in [0.1, 0.15) is 33.1 Å². The van der Waals surface area contributed by atoms with Crippen LogP contribution in [0.3, 0.4) is 0 Å². The molecule has 1 amide bonds. The number of amides is 1. The number of carbonyl (C=O) groups excluding carboxylic acids is 1. The molecule has 4 heteroatoms. The average Bonchev–Trinajstić information content (AvgIpc) is 2.16. The van der Waals surface area contributed by atoms with Crippen molar-refractivity contribution in [2.45, 2.75) is 38.4 Å². The van der Waals surface area contributed by atoms with Crippen molar-refractivity contribution < 1.29 is 4.79 Å². The summed E-state index contributed by atoms with van der Waals surface area (Å²) in [5.41, 5.74) is 5.07. The third-order valence-corrected chi connectivity index (χ3v) is 2.91. The Morgan fingerprint density at radius 2 is 1.93 bits per heavy atom. The maximum atomic E-state index is 10.5. The number of primary amides is 1. The van der Waals surface area contributed by atoms with Crippen molar-refractivity contribution >= 4 is 18.5 Å². The summed E-state index contributed by atoms with van der Waals surface area (Å²) in [5, 5.41) is 0.295. The molecule has 0 saturated heterocycles. The Kier molecular flexibility index (Phi) is 7.99. The van der Waals surface area contributed by atoms with Crippen LogP contribution in [0.15, 0.2) is 0 Å². The summed E-state index contributed by atoms with van der Waals surface area (Å²) in [7, 11) is 0. The first-order chi connectivity index (χ1) is 6.60. The topological polar surface area (TPSA) is 46.3 Å². The highest BCUT2D eigenvalue weighted by molar-refractivity contribution is 7.80. The summed E-state index contributed by atoms with van der Waals surface area (Å²) in [5.74, 6) is -0.230. The van der Waals surface area contributed by atoms with E-state index in [9.17, 15) is 4.79 Å². The second-order valence-corrected chi connectivity index (χ2v) is 4.20. The number of nitrogens with two attached hydrogens (primary N) is 1.